The van der Waals surface area contributed by atoms with Crippen molar-refractivity contribution in [3.8, 4) is 0 Å². The first-order valence-corrected chi connectivity index (χ1v) is 4.65. The van der Waals surface area contributed by atoms with Gasteiger partial charge in [0.05, 0.1) is 6.04 Å². The van der Waals surface area contributed by atoms with Gasteiger partial charge >= 0.3 is 6.03 Å². The van der Waals surface area contributed by atoms with E-state index in [1.807, 2.05) is 7.05 Å². The molecule has 5 heteroatoms. The number of carbonyl (C=O) groups excluding carboxylic acids is 2. The molecule has 0 aliphatic rings. The van der Waals surface area contributed by atoms with Crippen molar-refractivity contribution in [2.24, 2.45) is 0 Å². The van der Waals surface area contributed by atoms with Gasteiger partial charge in [-0.25, -0.2) is 4.79 Å². The molecule has 0 bridgehead atoms. The summed E-state index contributed by atoms with van der Waals surface area (Å²) in [5, 5.41) is 5.54. The molecule has 1 unspecified atom stereocenters. The number of nitrogens with zero attached hydrogens (tertiary/aromatic N) is 1. The molecule has 0 aromatic carbocycles. The maximum absolute atomic E-state index is 11.4. The highest BCUT2D eigenvalue weighted by Crippen LogP contribution is 1.88. The van der Waals surface area contributed by atoms with Crippen LogP contribution in [-0.4, -0.2) is 49.9 Å². The second-order valence-electron chi connectivity index (χ2n) is 3.31. The first-order valence-electron chi connectivity index (χ1n) is 4.65. The molecule has 0 heterocycles. The number of hydrogen-bond donors (Lipinski definition) is 2. The Bertz CT molecular complexity index is 206. The van der Waals surface area contributed by atoms with Crippen LogP contribution in [0.25, 0.3) is 0 Å². The van der Waals surface area contributed by atoms with Crippen molar-refractivity contribution in [2.45, 2.75) is 19.9 Å². The fourth-order valence-corrected chi connectivity index (χ4v) is 0.778. The van der Waals surface area contributed by atoms with Crippen molar-refractivity contribution in [3.05, 3.63) is 0 Å². The summed E-state index contributed by atoms with van der Waals surface area (Å²) in [6.07, 6.45) is 0. The zero-order chi connectivity index (χ0) is 11.1. The van der Waals surface area contributed by atoms with E-state index in [1.54, 1.807) is 14.0 Å². The maximum atomic E-state index is 11.4. The zero-order valence-electron chi connectivity index (χ0n) is 9.26. The number of urea groups is 1. The SMILES string of the molecule is CNCCN(C)C(=O)NC(C)C(C)=O. The first-order chi connectivity index (χ1) is 6.49. The van der Waals surface area contributed by atoms with E-state index in [9.17, 15) is 9.59 Å². The second kappa shape index (κ2) is 6.37. The molecule has 0 saturated heterocycles. The lowest BCUT2D eigenvalue weighted by Gasteiger charge is -2.19. The molecule has 0 radical (unpaired) electrons. The summed E-state index contributed by atoms with van der Waals surface area (Å²) in [5.41, 5.74) is 0. The maximum Gasteiger partial charge on any atom is 0.317 e. The van der Waals surface area contributed by atoms with Gasteiger partial charge in [0, 0.05) is 20.1 Å². The van der Waals surface area contributed by atoms with Crippen LogP contribution in [-0.2, 0) is 4.79 Å². The van der Waals surface area contributed by atoms with Gasteiger partial charge in [0.2, 0.25) is 0 Å². The third-order valence-electron chi connectivity index (χ3n) is 1.99. The largest absolute Gasteiger partial charge is 0.328 e. The average molecular weight is 201 g/mol. The van der Waals surface area contributed by atoms with Gasteiger partial charge in [-0.15, -0.1) is 0 Å². The van der Waals surface area contributed by atoms with E-state index in [2.05, 4.69) is 10.6 Å². The van der Waals surface area contributed by atoms with Crippen molar-refractivity contribution < 1.29 is 9.59 Å². The lowest BCUT2D eigenvalue weighted by Crippen LogP contribution is -2.46. The number of Topliss-reactive ketones (excluding diaryl/α,β-unsaturated/α-hetero) is 1. The number of likely N-dealkylation sites (N-methyl/N-ethyl adjacent to an activating group) is 2. The summed E-state index contributed by atoms with van der Waals surface area (Å²) in [6, 6.07) is -0.637. The number of ketones is 1. The Balaban J connectivity index is 3.88. The van der Waals surface area contributed by atoms with Crippen LogP contribution in [0.5, 0.6) is 0 Å². The van der Waals surface area contributed by atoms with Gasteiger partial charge in [-0.2, -0.15) is 0 Å². The fourth-order valence-electron chi connectivity index (χ4n) is 0.778. The summed E-state index contributed by atoms with van der Waals surface area (Å²) >= 11 is 0. The Morgan fingerprint density at radius 3 is 2.43 bits per heavy atom. The van der Waals surface area contributed by atoms with E-state index in [4.69, 9.17) is 0 Å². The third-order valence-corrected chi connectivity index (χ3v) is 1.99. The normalized spacial score (nSPS) is 12.0. The van der Waals surface area contributed by atoms with E-state index in [1.165, 1.54) is 11.8 Å². The summed E-state index contributed by atoms with van der Waals surface area (Å²) in [5.74, 6) is -0.0413. The molecule has 0 rings (SSSR count). The average Bonchev–Trinajstić information content (AvgIpc) is 2.13. The number of rotatable bonds is 5. The van der Waals surface area contributed by atoms with E-state index in [0.29, 0.717) is 6.54 Å². The third kappa shape index (κ3) is 4.81. The molecule has 0 aliphatic heterocycles. The van der Waals surface area contributed by atoms with Gasteiger partial charge in [0.1, 0.15) is 0 Å². The van der Waals surface area contributed by atoms with Gasteiger partial charge in [0.15, 0.2) is 5.78 Å². The molecule has 0 fully saturated rings. The quantitative estimate of drug-likeness (QED) is 0.649. The van der Waals surface area contributed by atoms with Crippen LogP contribution in [0.15, 0.2) is 0 Å². The van der Waals surface area contributed by atoms with Crippen LogP contribution in [0.3, 0.4) is 0 Å². The predicted octanol–water partition coefficient (Wildman–Crippen LogP) is -0.175. The topological polar surface area (TPSA) is 61.4 Å². The van der Waals surface area contributed by atoms with Crippen molar-refractivity contribution in [1.29, 1.82) is 0 Å². The van der Waals surface area contributed by atoms with Crippen LogP contribution in [0.2, 0.25) is 0 Å². The van der Waals surface area contributed by atoms with Crippen LogP contribution < -0.4 is 10.6 Å². The molecule has 0 aromatic rings. The Labute approximate surface area is 84.8 Å². The molecule has 1 atom stereocenters. The van der Waals surface area contributed by atoms with Crippen LogP contribution in [0, 0.1) is 0 Å². The van der Waals surface area contributed by atoms with E-state index in [0.717, 1.165) is 6.54 Å². The Morgan fingerprint density at radius 2 is 2.00 bits per heavy atom. The molecule has 5 nitrogen and oxygen atoms in total. The number of hydrogen-bond acceptors (Lipinski definition) is 3. The Hall–Kier alpha value is -1.10. The highest BCUT2D eigenvalue weighted by Gasteiger charge is 2.13. The van der Waals surface area contributed by atoms with Crippen LogP contribution >= 0.6 is 0 Å². The Morgan fingerprint density at radius 1 is 1.43 bits per heavy atom. The molecule has 2 amide bonds. The molecular weight excluding hydrogens is 182 g/mol. The molecule has 0 spiro atoms. The lowest BCUT2D eigenvalue weighted by molar-refractivity contribution is -0.118. The second-order valence-corrected chi connectivity index (χ2v) is 3.31. The Kier molecular flexibility index (Phi) is 5.87. The molecule has 2 N–H and O–H groups in total. The van der Waals surface area contributed by atoms with Gasteiger partial charge < -0.3 is 15.5 Å². The van der Waals surface area contributed by atoms with Crippen molar-refractivity contribution >= 4 is 11.8 Å². The van der Waals surface area contributed by atoms with Gasteiger partial charge in [-0.3, -0.25) is 4.79 Å². The number of amides is 2. The van der Waals surface area contributed by atoms with E-state index >= 15 is 0 Å². The fraction of sp³-hybridized carbons (Fsp3) is 0.778. The predicted molar refractivity (Wildman–Crippen MR) is 55.2 cm³/mol. The summed E-state index contributed by atoms with van der Waals surface area (Å²) < 4.78 is 0. The number of carbonyl (C=O) groups is 2. The summed E-state index contributed by atoms with van der Waals surface area (Å²) in [6.45, 7) is 4.48. The van der Waals surface area contributed by atoms with Crippen molar-refractivity contribution in [3.63, 3.8) is 0 Å². The minimum atomic E-state index is -0.417. The van der Waals surface area contributed by atoms with E-state index < -0.39 is 6.04 Å². The molecular formula is C9H19N3O2. The summed E-state index contributed by atoms with van der Waals surface area (Å²) in [7, 11) is 3.52. The molecule has 0 aromatic heterocycles. The van der Waals surface area contributed by atoms with E-state index in [-0.39, 0.29) is 11.8 Å². The minimum absolute atomic E-state index is 0.0413. The number of nitrogens with one attached hydrogen (secondary N) is 2. The van der Waals surface area contributed by atoms with Gasteiger partial charge in [-0.05, 0) is 20.9 Å². The molecule has 0 aliphatic carbocycles. The monoisotopic (exact) mass is 201 g/mol. The van der Waals surface area contributed by atoms with Gasteiger partial charge in [-0.1, -0.05) is 0 Å². The van der Waals surface area contributed by atoms with Crippen LogP contribution in [0.4, 0.5) is 4.79 Å². The minimum Gasteiger partial charge on any atom is -0.328 e. The highest BCUT2D eigenvalue weighted by atomic mass is 16.2. The molecule has 14 heavy (non-hydrogen) atoms. The van der Waals surface area contributed by atoms with Crippen LogP contribution in [0.1, 0.15) is 13.8 Å². The smallest absolute Gasteiger partial charge is 0.317 e. The molecule has 0 saturated carbocycles. The highest BCUT2D eigenvalue weighted by molar-refractivity contribution is 5.86. The summed E-state index contributed by atoms with van der Waals surface area (Å²) in [4.78, 5) is 23.8. The standard InChI is InChI=1S/C9H19N3O2/c1-7(8(2)13)11-9(14)12(4)6-5-10-3/h7,10H,5-6H2,1-4H3,(H,11,14). The first kappa shape index (κ1) is 12.9. The van der Waals surface area contributed by atoms with Gasteiger partial charge in [0.25, 0.3) is 0 Å². The van der Waals surface area contributed by atoms with Crippen molar-refractivity contribution in [1.82, 2.24) is 15.5 Å². The zero-order valence-corrected chi connectivity index (χ0v) is 9.26. The van der Waals surface area contributed by atoms with Crippen molar-refractivity contribution in [2.75, 3.05) is 27.2 Å². The molecule has 82 valence electrons. The lowest BCUT2D eigenvalue weighted by atomic mass is 10.2.